The van der Waals surface area contributed by atoms with Crippen molar-refractivity contribution >= 4 is 27.7 Å². The Morgan fingerprint density at radius 1 is 1.61 bits per heavy atom. The van der Waals surface area contributed by atoms with Crippen molar-refractivity contribution in [3.8, 4) is 0 Å². The fraction of sp³-hybridized carbons (Fsp3) is 0.500. The molecule has 4 nitrogen and oxygen atoms in total. The molecule has 1 saturated heterocycles. The van der Waals surface area contributed by atoms with Crippen LogP contribution >= 0.6 is 15.9 Å². The number of rotatable bonds is 2. The molecule has 1 atom stereocenters. The first-order chi connectivity index (χ1) is 8.49. The van der Waals surface area contributed by atoms with Gasteiger partial charge in [-0.1, -0.05) is 0 Å². The van der Waals surface area contributed by atoms with Gasteiger partial charge >= 0.3 is 0 Å². The van der Waals surface area contributed by atoms with Crippen LogP contribution in [0, 0.1) is 11.7 Å². The Morgan fingerprint density at radius 3 is 2.94 bits per heavy atom. The molecule has 0 aliphatic carbocycles. The van der Waals surface area contributed by atoms with E-state index >= 15 is 0 Å². The summed E-state index contributed by atoms with van der Waals surface area (Å²) in [6, 6.07) is 1.39. The van der Waals surface area contributed by atoms with Gasteiger partial charge in [0, 0.05) is 37.9 Å². The molecule has 1 amide bonds. The summed E-state index contributed by atoms with van der Waals surface area (Å²) in [4.78, 5) is 19.3. The third-order valence-corrected chi connectivity index (χ3v) is 3.50. The Labute approximate surface area is 114 Å². The Balaban J connectivity index is 2.11. The molecule has 6 heteroatoms. The molecular weight excluding hydrogens is 301 g/mol. The Bertz CT molecular complexity index is 467. The van der Waals surface area contributed by atoms with Crippen molar-refractivity contribution in [2.24, 2.45) is 5.92 Å². The number of carbonyl (C=O) groups is 1. The number of hydrogen-bond donors (Lipinski definition) is 0. The molecule has 1 aliphatic heterocycles. The van der Waals surface area contributed by atoms with E-state index in [4.69, 9.17) is 0 Å². The predicted molar refractivity (Wildman–Crippen MR) is 70.9 cm³/mol. The fourth-order valence-electron chi connectivity index (χ4n) is 2.16. The topological polar surface area (TPSA) is 36.4 Å². The monoisotopic (exact) mass is 315 g/mol. The second-order valence-electron chi connectivity index (χ2n) is 4.62. The first kappa shape index (κ1) is 13.3. The van der Waals surface area contributed by atoms with Gasteiger partial charge in [0.15, 0.2) is 11.6 Å². The van der Waals surface area contributed by atoms with Crippen LogP contribution in [0.5, 0.6) is 0 Å². The first-order valence-corrected chi connectivity index (χ1v) is 6.55. The maximum atomic E-state index is 13.8. The minimum absolute atomic E-state index is 0.0650. The Kier molecular flexibility index (Phi) is 3.85. The number of anilines is 1. The lowest BCUT2D eigenvalue weighted by atomic mass is 10.1. The van der Waals surface area contributed by atoms with Crippen molar-refractivity contribution in [2.45, 2.75) is 6.42 Å². The summed E-state index contributed by atoms with van der Waals surface area (Å²) in [7, 11) is 3.48. The van der Waals surface area contributed by atoms with Gasteiger partial charge in [0.05, 0.1) is 5.92 Å². The van der Waals surface area contributed by atoms with Gasteiger partial charge in [0.25, 0.3) is 0 Å². The van der Waals surface area contributed by atoms with Crippen LogP contribution in [0.2, 0.25) is 0 Å². The van der Waals surface area contributed by atoms with Crippen molar-refractivity contribution < 1.29 is 9.18 Å². The zero-order chi connectivity index (χ0) is 13.3. The standard InChI is InChI=1S/C12H15BrFN3O/c1-16(2)12(18)8-3-4-17(7-8)11-10(14)5-9(13)6-15-11/h5-6,8H,3-4,7H2,1-2H3. The van der Waals surface area contributed by atoms with E-state index in [9.17, 15) is 9.18 Å². The van der Waals surface area contributed by atoms with Gasteiger partial charge in [-0.3, -0.25) is 4.79 Å². The largest absolute Gasteiger partial charge is 0.353 e. The van der Waals surface area contributed by atoms with Crippen molar-refractivity contribution in [3.05, 3.63) is 22.6 Å². The lowest BCUT2D eigenvalue weighted by molar-refractivity contribution is -0.132. The van der Waals surface area contributed by atoms with Crippen molar-refractivity contribution in [1.29, 1.82) is 0 Å². The minimum atomic E-state index is -0.359. The molecule has 0 aromatic carbocycles. The summed E-state index contributed by atoms with van der Waals surface area (Å²) in [5, 5.41) is 0. The summed E-state index contributed by atoms with van der Waals surface area (Å²) in [5.74, 6) is -0.00514. The highest BCUT2D eigenvalue weighted by atomic mass is 79.9. The van der Waals surface area contributed by atoms with Gasteiger partial charge in [0.1, 0.15) is 0 Å². The molecule has 98 valence electrons. The van der Waals surface area contributed by atoms with E-state index in [2.05, 4.69) is 20.9 Å². The summed E-state index contributed by atoms with van der Waals surface area (Å²) in [6.45, 7) is 1.19. The first-order valence-electron chi connectivity index (χ1n) is 5.76. The van der Waals surface area contributed by atoms with Crippen molar-refractivity contribution in [2.75, 3.05) is 32.1 Å². The van der Waals surface area contributed by atoms with E-state index in [0.29, 0.717) is 23.4 Å². The average molecular weight is 316 g/mol. The minimum Gasteiger partial charge on any atom is -0.353 e. The van der Waals surface area contributed by atoms with E-state index in [-0.39, 0.29) is 17.6 Å². The molecule has 1 aromatic rings. The van der Waals surface area contributed by atoms with Crippen molar-refractivity contribution in [1.82, 2.24) is 9.88 Å². The molecule has 2 heterocycles. The number of nitrogens with zero attached hydrogens (tertiary/aromatic N) is 3. The second kappa shape index (κ2) is 5.22. The van der Waals surface area contributed by atoms with Crippen LogP contribution in [-0.2, 0) is 4.79 Å². The third kappa shape index (κ3) is 2.63. The van der Waals surface area contributed by atoms with Gasteiger partial charge in [-0.05, 0) is 28.4 Å². The van der Waals surface area contributed by atoms with Crippen LogP contribution in [0.15, 0.2) is 16.7 Å². The zero-order valence-electron chi connectivity index (χ0n) is 10.4. The fourth-order valence-corrected chi connectivity index (χ4v) is 2.46. The number of pyridine rings is 1. The zero-order valence-corrected chi connectivity index (χ0v) is 11.9. The van der Waals surface area contributed by atoms with Gasteiger partial charge in [-0.25, -0.2) is 9.37 Å². The van der Waals surface area contributed by atoms with E-state index < -0.39 is 0 Å². The summed E-state index contributed by atoms with van der Waals surface area (Å²) in [6.07, 6.45) is 2.31. The number of hydrogen-bond acceptors (Lipinski definition) is 3. The predicted octanol–water partition coefficient (Wildman–Crippen LogP) is 1.90. The lowest BCUT2D eigenvalue weighted by Crippen LogP contribution is -2.32. The van der Waals surface area contributed by atoms with Crippen molar-refractivity contribution in [3.63, 3.8) is 0 Å². The highest BCUT2D eigenvalue weighted by Gasteiger charge is 2.31. The maximum absolute atomic E-state index is 13.8. The van der Waals surface area contributed by atoms with Gasteiger partial charge in [-0.15, -0.1) is 0 Å². The van der Waals surface area contributed by atoms with E-state index in [0.717, 1.165) is 6.42 Å². The molecule has 1 unspecified atom stereocenters. The van der Waals surface area contributed by atoms with Crippen LogP contribution in [0.1, 0.15) is 6.42 Å². The molecule has 0 radical (unpaired) electrons. The SMILES string of the molecule is CN(C)C(=O)C1CCN(c2ncc(Br)cc2F)C1. The smallest absolute Gasteiger partial charge is 0.227 e. The van der Waals surface area contributed by atoms with Gasteiger partial charge in [0.2, 0.25) is 5.91 Å². The molecule has 1 aliphatic rings. The molecular formula is C12H15BrFN3O. The second-order valence-corrected chi connectivity index (χ2v) is 5.54. The number of halogens is 2. The van der Waals surface area contributed by atoms with Gasteiger partial charge in [-0.2, -0.15) is 0 Å². The highest BCUT2D eigenvalue weighted by molar-refractivity contribution is 9.10. The summed E-state index contributed by atoms with van der Waals surface area (Å²) < 4.78 is 14.4. The van der Waals surface area contributed by atoms with E-state index in [1.807, 2.05) is 4.90 Å². The van der Waals surface area contributed by atoms with Crippen LogP contribution in [-0.4, -0.2) is 43.0 Å². The Hall–Kier alpha value is -1.17. The number of aromatic nitrogens is 1. The molecule has 18 heavy (non-hydrogen) atoms. The van der Waals surface area contributed by atoms with Crippen LogP contribution < -0.4 is 4.90 Å². The quantitative estimate of drug-likeness (QED) is 0.836. The van der Waals surface area contributed by atoms with E-state index in [1.165, 1.54) is 6.07 Å². The van der Waals surface area contributed by atoms with Crippen LogP contribution in [0.25, 0.3) is 0 Å². The average Bonchev–Trinajstić information content (AvgIpc) is 2.77. The number of amides is 1. The summed E-state index contributed by atoms with van der Waals surface area (Å²) in [5.41, 5.74) is 0. The van der Waals surface area contributed by atoms with Crippen LogP contribution in [0.4, 0.5) is 10.2 Å². The van der Waals surface area contributed by atoms with Crippen LogP contribution in [0.3, 0.4) is 0 Å². The molecule has 0 N–H and O–H groups in total. The maximum Gasteiger partial charge on any atom is 0.227 e. The summed E-state index contributed by atoms with van der Waals surface area (Å²) >= 11 is 3.18. The molecule has 1 aromatic heterocycles. The third-order valence-electron chi connectivity index (χ3n) is 3.07. The van der Waals surface area contributed by atoms with E-state index in [1.54, 1.807) is 25.2 Å². The normalized spacial score (nSPS) is 19.1. The highest BCUT2D eigenvalue weighted by Crippen LogP contribution is 2.26. The van der Waals surface area contributed by atoms with Gasteiger partial charge < -0.3 is 9.80 Å². The molecule has 0 spiro atoms. The molecule has 0 bridgehead atoms. The lowest BCUT2D eigenvalue weighted by Gasteiger charge is -2.19. The molecule has 1 fully saturated rings. The molecule has 0 saturated carbocycles. The Morgan fingerprint density at radius 2 is 2.33 bits per heavy atom. The number of carbonyl (C=O) groups excluding carboxylic acids is 1. The molecule has 2 rings (SSSR count).